The predicted molar refractivity (Wildman–Crippen MR) is 35.2 cm³/mol. The highest BCUT2D eigenvalue weighted by atomic mass is 16.5. The van der Waals surface area contributed by atoms with Crippen LogP contribution in [0.15, 0.2) is 0 Å². The van der Waals surface area contributed by atoms with E-state index in [0.717, 1.165) is 6.42 Å². The number of aliphatic hydroxyl groups is 1. The lowest BCUT2D eigenvalue weighted by atomic mass is 10.0. The zero-order chi connectivity index (χ0) is 6.85. The van der Waals surface area contributed by atoms with Gasteiger partial charge in [-0.2, -0.15) is 0 Å². The summed E-state index contributed by atoms with van der Waals surface area (Å²) in [5.74, 6) is 0.329. The molecule has 0 unspecified atom stereocenters. The molecule has 0 saturated carbocycles. The Kier molecular flexibility index (Phi) is 2.09. The molecule has 0 bridgehead atoms. The van der Waals surface area contributed by atoms with Crippen LogP contribution in [0.2, 0.25) is 0 Å². The van der Waals surface area contributed by atoms with Crippen LogP contribution in [-0.4, -0.2) is 23.9 Å². The van der Waals surface area contributed by atoms with Crippen LogP contribution in [0.25, 0.3) is 0 Å². The SMILES string of the molecule is CC[C@H]1OC[C@H](O)[C@@H]1C. The van der Waals surface area contributed by atoms with Crippen molar-refractivity contribution in [2.75, 3.05) is 6.61 Å². The highest BCUT2D eigenvalue weighted by Gasteiger charge is 2.30. The first-order chi connectivity index (χ1) is 4.25. The van der Waals surface area contributed by atoms with Crippen LogP contribution >= 0.6 is 0 Å². The fourth-order valence-electron chi connectivity index (χ4n) is 1.26. The Morgan fingerprint density at radius 2 is 2.33 bits per heavy atom. The quantitative estimate of drug-likeness (QED) is 0.568. The van der Waals surface area contributed by atoms with Gasteiger partial charge >= 0.3 is 0 Å². The van der Waals surface area contributed by atoms with E-state index in [1.54, 1.807) is 0 Å². The second-order valence-electron chi connectivity index (χ2n) is 2.71. The molecule has 54 valence electrons. The molecule has 0 radical (unpaired) electrons. The molecule has 0 spiro atoms. The van der Waals surface area contributed by atoms with Gasteiger partial charge in [0.1, 0.15) is 0 Å². The Hall–Kier alpha value is -0.0800. The summed E-state index contributed by atoms with van der Waals surface area (Å²) in [4.78, 5) is 0. The van der Waals surface area contributed by atoms with Gasteiger partial charge in [-0.3, -0.25) is 0 Å². The first kappa shape index (κ1) is 7.03. The lowest BCUT2D eigenvalue weighted by Crippen LogP contribution is -2.19. The van der Waals surface area contributed by atoms with E-state index in [0.29, 0.717) is 18.6 Å². The van der Waals surface area contributed by atoms with Crippen LogP contribution in [0.1, 0.15) is 20.3 Å². The van der Waals surface area contributed by atoms with Gasteiger partial charge in [0.2, 0.25) is 0 Å². The largest absolute Gasteiger partial charge is 0.390 e. The Bertz CT molecular complexity index is 92.9. The van der Waals surface area contributed by atoms with Gasteiger partial charge in [-0.15, -0.1) is 0 Å². The fourth-order valence-corrected chi connectivity index (χ4v) is 1.26. The van der Waals surface area contributed by atoms with Crippen LogP contribution in [0.3, 0.4) is 0 Å². The third-order valence-electron chi connectivity index (χ3n) is 2.08. The summed E-state index contributed by atoms with van der Waals surface area (Å²) in [6.07, 6.45) is 1.08. The third-order valence-corrected chi connectivity index (χ3v) is 2.08. The molecular weight excluding hydrogens is 116 g/mol. The van der Waals surface area contributed by atoms with Crippen LogP contribution in [0.4, 0.5) is 0 Å². The van der Waals surface area contributed by atoms with E-state index in [9.17, 15) is 5.11 Å². The minimum atomic E-state index is -0.227. The molecule has 0 amide bonds. The number of ether oxygens (including phenoxy) is 1. The summed E-state index contributed by atoms with van der Waals surface area (Å²) in [5.41, 5.74) is 0. The van der Waals surface area contributed by atoms with Gasteiger partial charge in [0.25, 0.3) is 0 Å². The van der Waals surface area contributed by atoms with E-state index < -0.39 is 0 Å². The smallest absolute Gasteiger partial charge is 0.0823 e. The lowest BCUT2D eigenvalue weighted by Gasteiger charge is -2.11. The molecule has 1 N–H and O–H groups in total. The van der Waals surface area contributed by atoms with Crippen molar-refractivity contribution in [1.82, 2.24) is 0 Å². The van der Waals surface area contributed by atoms with Crippen molar-refractivity contribution >= 4 is 0 Å². The average Bonchev–Trinajstić information content (AvgIpc) is 2.15. The van der Waals surface area contributed by atoms with Crippen molar-refractivity contribution in [3.63, 3.8) is 0 Å². The standard InChI is InChI=1S/C7H14O2/c1-3-7-5(2)6(8)4-9-7/h5-8H,3-4H2,1-2H3/t5-,6-,7+/m0/s1. The maximum absolute atomic E-state index is 9.17. The molecule has 0 aromatic carbocycles. The molecule has 0 aliphatic carbocycles. The van der Waals surface area contributed by atoms with E-state index in [-0.39, 0.29) is 6.10 Å². The molecule has 0 aromatic rings. The van der Waals surface area contributed by atoms with Crippen molar-refractivity contribution in [1.29, 1.82) is 0 Å². The number of hydrogen-bond acceptors (Lipinski definition) is 2. The van der Waals surface area contributed by atoms with Crippen molar-refractivity contribution in [2.45, 2.75) is 32.5 Å². The Morgan fingerprint density at radius 1 is 1.67 bits per heavy atom. The summed E-state index contributed by atoms with van der Waals surface area (Å²) >= 11 is 0. The molecule has 1 saturated heterocycles. The van der Waals surface area contributed by atoms with Gasteiger partial charge in [0, 0.05) is 5.92 Å². The van der Waals surface area contributed by atoms with Crippen LogP contribution < -0.4 is 0 Å². The van der Waals surface area contributed by atoms with Gasteiger partial charge < -0.3 is 9.84 Å². The van der Waals surface area contributed by atoms with E-state index in [1.807, 2.05) is 6.92 Å². The number of rotatable bonds is 1. The molecule has 0 aromatic heterocycles. The molecule has 2 nitrogen and oxygen atoms in total. The normalized spacial score (nSPS) is 43.7. The first-order valence-corrected chi connectivity index (χ1v) is 3.55. The fraction of sp³-hybridized carbons (Fsp3) is 1.00. The minimum Gasteiger partial charge on any atom is -0.390 e. The highest BCUT2D eigenvalue weighted by molar-refractivity contribution is 4.78. The van der Waals surface area contributed by atoms with Gasteiger partial charge in [-0.1, -0.05) is 13.8 Å². The maximum Gasteiger partial charge on any atom is 0.0823 e. The van der Waals surface area contributed by atoms with Crippen molar-refractivity contribution in [2.24, 2.45) is 5.92 Å². The molecule has 9 heavy (non-hydrogen) atoms. The van der Waals surface area contributed by atoms with E-state index in [4.69, 9.17) is 4.74 Å². The number of hydrogen-bond donors (Lipinski definition) is 1. The molecule has 1 heterocycles. The molecule has 1 aliphatic heterocycles. The van der Waals surface area contributed by atoms with Gasteiger partial charge in [-0.05, 0) is 6.42 Å². The monoisotopic (exact) mass is 130 g/mol. The van der Waals surface area contributed by atoms with Crippen LogP contribution in [0.5, 0.6) is 0 Å². The predicted octanol–water partition coefficient (Wildman–Crippen LogP) is 0.792. The van der Waals surface area contributed by atoms with E-state index in [1.165, 1.54) is 0 Å². The zero-order valence-electron chi connectivity index (χ0n) is 6.00. The Morgan fingerprint density at radius 3 is 2.56 bits per heavy atom. The van der Waals surface area contributed by atoms with E-state index >= 15 is 0 Å². The number of aliphatic hydroxyl groups excluding tert-OH is 1. The van der Waals surface area contributed by atoms with Gasteiger partial charge in [0.15, 0.2) is 0 Å². The summed E-state index contributed by atoms with van der Waals surface area (Å²) in [5, 5.41) is 9.17. The molecule has 2 heteroatoms. The average molecular weight is 130 g/mol. The van der Waals surface area contributed by atoms with Crippen molar-refractivity contribution in [3.05, 3.63) is 0 Å². The topological polar surface area (TPSA) is 29.5 Å². The summed E-state index contributed by atoms with van der Waals surface area (Å²) in [6.45, 7) is 4.64. The minimum absolute atomic E-state index is 0.227. The molecule has 3 atom stereocenters. The third kappa shape index (κ3) is 1.25. The molecule has 1 fully saturated rings. The second-order valence-corrected chi connectivity index (χ2v) is 2.71. The molecular formula is C7H14O2. The van der Waals surface area contributed by atoms with Crippen LogP contribution in [-0.2, 0) is 4.74 Å². The molecule has 1 aliphatic rings. The van der Waals surface area contributed by atoms with Crippen molar-refractivity contribution in [3.8, 4) is 0 Å². The first-order valence-electron chi connectivity index (χ1n) is 3.55. The van der Waals surface area contributed by atoms with Crippen molar-refractivity contribution < 1.29 is 9.84 Å². The van der Waals surface area contributed by atoms with Crippen LogP contribution in [0, 0.1) is 5.92 Å². The summed E-state index contributed by atoms with van der Waals surface area (Å²) in [7, 11) is 0. The van der Waals surface area contributed by atoms with Gasteiger partial charge in [0.05, 0.1) is 18.8 Å². The summed E-state index contributed by atoms with van der Waals surface area (Å²) < 4.78 is 5.28. The zero-order valence-corrected chi connectivity index (χ0v) is 6.00. The van der Waals surface area contributed by atoms with E-state index in [2.05, 4.69) is 6.92 Å². The summed E-state index contributed by atoms with van der Waals surface area (Å²) in [6, 6.07) is 0. The highest BCUT2D eigenvalue weighted by Crippen LogP contribution is 2.22. The van der Waals surface area contributed by atoms with Gasteiger partial charge in [-0.25, -0.2) is 0 Å². The Labute approximate surface area is 55.8 Å². The second kappa shape index (κ2) is 2.67. The Balaban J connectivity index is 2.41. The lowest BCUT2D eigenvalue weighted by molar-refractivity contribution is 0.0843. The maximum atomic E-state index is 9.17. The molecule has 1 rings (SSSR count).